The molecule has 4 N–H and O–H groups in total. The standard InChI is InChI=1S/C17H15F3N4O7S/c18-17(19,20)9-30-11-2-4-12(5-3-11)32(28,29)24-15(26)10-1-6-14(22-8-10)31-16(27)23-13(25)7-21/h1-6,8H,7,9,21H2,(H,24,26)(H,23,25,27). The molecule has 32 heavy (non-hydrogen) atoms. The van der Waals surface area contributed by atoms with Crippen molar-refractivity contribution in [2.24, 2.45) is 5.73 Å². The van der Waals surface area contributed by atoms with Crippen molar-refractivity contribution in [3.8, 4) is 11.6 Å². The molecule has 1 heterocycles. The van der Waals surface area contributed by atoms with Gasteiger partial charge >= 0.3 is 12.3 Å². The average molecular weight is 476 g/mol. The van der Waals surface area contributed by atoms with Crippen LogP contribution in [0.2, 0.25) is 0 Å². The number of nitrogens with one attached hydrogen (secondary N) is 2. The summed E-state index contributed by atoms with van der Waals surface area (Å²) in [6.45, 7) is -1.99. The number of imide groups is 1. The van der Waals surface area contributed by atoms with Crippen molar-refractivity contribution in [2.75, 3.05) is 13.2 Å². The summed E-state index contributed by atoms with van der Waals surface area (Å²) in [5, 5.41) is 1.80. The number of carbonyl (C=O) groups is 3. The van der Waals surface area contributed by atoms with Crippen LogP contribution in [0.1, 0.15) is 10.4 Å². The summed E-state index contributed by atoms with van der Waals surface area (Å²) >= 11 is 0. The number of aromatic nitrogens is 1. The Hall–Kier alpha value is -3.72. The Bertz CT molecular complexity index is 1090. The van der Waals surface area contributed by atoms with Crippen LogP contribution < -0.4 is 25.2 Å². The highest BCUT2D eigenvalue weighted by molar-refractivity contribution is 7.90. The topological polar surface area (TPSA) is 167 Å². The van der Waals surface area contributed by atoms with Crippen molar-refractivity contribution in [1.29, 1.82) is 0 Å². The summed E-state index contributed by atoms with van der Waals surface area (Å²) in [6, 6.07) is 6.08. The van der Waals surface area contributed by atoms with Crippen molar-refractivity contribution in [1.82, 2.24) is 15.0 Å². The van der Waals surface area contributed by atoms with Gasteiger partial charge in [-0.15, -0.1) is 0 Å². The van der Waals surface area contributed by atoms with Crippen LogP contribution in [-0.2, 0) is 14.8 Å². The molecule has 2 aromatic rings. The third-order valence-corrected chi connectivity index (χ3v) is 4.73. The molecule has 0 fully saturated rings. The third-order valence-electron chi connectivity index (χ3n) is 3.39. The van der Waals surface area contributed by atoms with E-state index in [2.05, 4.69) is 14.5 Å². The van der Waals surface area contributed by atoms with Crippen molar-refractivity contribution < 1.29 is 45.4 Å². The number of nitrogens with two attached hydrogens (primary N) is 1. The first-order valence-electron chi connectivity index (χ1n) is 8.44. The Morgan fingerprint density at radius 1 is 1.06 bits per heavy atom. The molecule has 3 amide bonds. The van der Waals surface area contributed by atoms with Crippen LogP contribution >= 0.6 is 0 Å². The maximum atomic E-state index is 12.3. The van der Waals surface area contributed by atoms with Gasteiger partial charge in [-0.1, -0.05) is 0 Å². The van der Waals surface area contributed by atoms with E-state index in [1.807, 2.05) is 0 Å². The molecule has 2 rings (SSSR count). The Kier molecular flexibility index (Phi) is 7.72. The fourth-order valence-corrected chi connectivity index (χ4v) is 2.95. The second kappa shape index (κ2) is 10.1. The monoisotopic (exact) mass is 476 g/mol. The largest absolute Gasteiger partial charge is 0.484 e. The lowest BCUT2D eigenvalue weighted by molar-refractivity contribution is -0.153. The number of benzene rings is 1. The van der Waals surface area contributed by atoms with Gasteiger partial charge in [0.1, 0.15) is 5.75 Å². The first kappa shape index (κ1) is 24.5. The summed E-state index contributed by atoms with van der Waals surface area (Å²) in [5.74, 6) is -2.38. The number of carbonyl (C=O) groups excluding carboxylic acids is 3. The minimum Gasteiger partial charge on any atom is -0.484 e. The van der Waals surface area contributed by atoms with Gasteiger partial charge in [0.15, 0.2) is 6.61 Å². The molecule has 0 aliphatic carbocycles. The molecule has 1 aromatic heterocycles. The molecule has 1 aromatic carbocycles. The highest BCUT2D eigenvalue weighted by Gasteiger charge is 2.28. The minimum atomic E-state index is -4.56. The molecule has 172 valence electrons. The molecular formula is C17H15F3N4O7S. The second-order valence-corrected chi connectivity index (χ2v) is 7.52. The molecule has 0 aliphatic heterocycles. The summed E-state index contributed by atoms with van der Waals surface area (Å²) in [6.07, 6.45) is -4.80. The third kappa shape index (κ3) is 7.51. The molecule has 0 aliphatic rings. The fourth-order valence-electron chi connectivity index (χ4n) is 1.98. The number of alkyl halides is 3. The normalized spacial score (nSPS) is 11.4. The summed E-state index contributed by atoms with van der Waals surface area (Å²) < 4.78 is 71.9. The zero-order valence-electron chi connectivity index (χ0n) is 15.9. The summed E-state index contributed by atoms with van der Waals surface area (Å²) in [5.41, 5.74) is 4.80. The molecule has 0 saturated heterocycles. The van der Waals surface area contributed by atoms with Gasteiger partial charge in [-0.3, -0.25) is 14.9 Å². The van der Waals surface area contributed by atoms with E-state index >= 15 is 0 Å². The number of nitrogens with zero attached hydrogens (tertiary/aromatic N) is 1. The maximum Gasteiger partial charge on any atom is 0.422 e. The quantitative estimate of drug-likeness (QED) is 0.521. The van der Waals surface area contributed by atoms with Gasteiger partial charge in [0.05, 0.1) is 17.0 Å². The molecule has 0 spiro atoms. The smallest absolute Gasteiger partial charge is 0.422 e. The predicted molar refractivity (Wildman–Crippen MR) is 100 cm³/mol. The Balaban J connectivity index is 2.00. The zero-order valence-corrected chi connectivity index (χ0v) is 16.7. The number of hydrogen-bond donors (Lipinski definition) is 3. The molecule has 0 radical (unpaired) electrons. The van der Waals surface area contributed by atoms with Gasteiger partial charge in [0.25, 0.3) is 15.9 Å². The van der Waals surface area contributed by atoms with Gasteiger partial charge < -0.3 is 15.2 Å². The number of hydrogen-bond acceptors (Lipinski definition) is 9. The summed E-state index contributed by atoms with van der Waals surface area (Å²) in [7, 11) is -4.36. The van der Waals surface area contributed by atoms with Gasteiger partial charge in [0, 0.05) is 12.3 Å². The first-order chi connectivity index (χ1) is 14.9. The lowest BCUT2D eigenvalue weighted by atomic mass is 10.3. The van der Waals surface area contributed by atoms with E-state index in [1.54, 1.807) is 10.0 Å². The van der Waals surface area contributed by atoms with Gasteiger partial charge in [0.2, 0.25) is 11.8 Å². The molecular weight excluding hydrogens is 461 g/mol. The number of halogens is 3. The maximum absolute atomic E-state index is 12.3. The molecule has 11 nitrogen and oxygen atoms in total. The summed E-state index contributed by atoms with van der Waals surface area (Å²) in [4.78, 5) is 37.8. The van der Waals surface area contributed by atoms with Crippen LogP contribution in [0, 0.1) is 0 Å². The average Bonchev–Trinajstić information content (AvgIpc) is 2.72. The van der Waals surface area contributed by atoms with E-state index in [-0.39, 0.29) is 17.2 Å². The van der Waals surface area contributed by atoms with Crippen LogP contribution in [0.4, 0.5) is 18.0 Å². The zero-order chi connectivity index (χ0) is 23.9. The number of ether oxygens (including phenoxy) is 2. The van der Waals surface area contributed by atoms with Crippen LogP contribution in [0.15, 0.2) is 47.5 Å². The molecule has 0 unspecified atom stereocenters. The van der Waals surface area contributed by atoms with E-state index in [9.17, 15) is 36.0 Å². The highest BCUT2D eigenvalue weighted by Crippen LogP contribution is 2.20. The van der Waals surface area contributed by atoms with Crippen LogP contribution in [0.25, 0.3) is 0 Å². The fraction of sp³-hybridized carbons (Fsp3) is 0.176. The van der Waals surface area contributed by atoms with Crippen LogP contribution in [-0.4, -0.2) is 50.6 Å². The van der Waals surface area contributed by atoms with E-state index in [4.69, 9.17) is 5.73 Å². The van der Waals surface area contributed by atoms with Crippen LogP contribution in [0.5, 0.6) is 11.6 Å². The number of rotatable bonds is 7. The molecule has 0 saturated carbocycles. The Labute approximate surface area is 178 Å². The Morgan fingerprint density at radius 3 is 2.25 bits per heavy atom. The van der Waals surface area contributed by atoms with Crippen molar-refractivity contribution in [2.45, 2.75) is 11.1 Å². The van der Waals surface area contributed by atoms with E-state index in [0.29, 0.717) is 0 Å². The minimum absolute atomic E-state index is 0.218. The van der Waals surface area contributed by atoms with E-state index < -0.39 is 52.2 Å². The number of pyridine rings is 1. The van der Waals surface area contributed by atoms with Crippen LogP contribution in [0.3, 0.4) is 0 Å². The number of amides is 3. The first-order valence-corrected chi connectivity index (χ1v) is 9.92. The molecule has 0 atom stereocenters. The van der Waals surface area contributed by atoms with Crippen molar-refractivity contribution in [3.05, 3.63) is 48.2 Å². The van der Waals surface area contributed by atoms with Gasteiger partial charge in [-0.05, 0) is 30.3 Å². The lowest BCUT2D eigenvalue weighted by Crippen LogP contribution is -2.37. The van der Waals surface area contributed by atoms with Crippen molar-refractivity contribution >= 4 is 27.9 Å². The lowest BCUT2D eigenvalue weighted by Gasteiger charge is -2.10. The van der Waals surface area contributed by atoms with E-state index in [1.165, 1.54) is 0 Å². The van der Waals surface area contributed by atoms with E-state index in [0.717, 1.165) is 42.6 Å². The number of sulfonamides is 1. The second-order valence-electron chi connectivity index (χ2n) is 5.84. The highest BCUT2D eigenvalue weighted by atomic mass is 32.2. The van der Waals surface area contributed by atoms with Crippen molar-refractivity contribution in [3.63, 3.8) is 0 Å². The van der Waals surface area contributed by atoms with Gasteiger partial charge in [-0.2, -0.15) is 13.2 Å². The molecule has 15 heteroatoms. The predicted octanol–water partition coefficient (Wildman–Crippen LogP) is 0.715. The Morgan fingerprint density at radius 2 is 1.72 bits per heavy atom. The van der Waals surface area contributed by atoms with Gasteiger partial charge in [-0.25, -0.2) is 22.9 Å². The molecule has 0 bridgehead atoms. The SMILES string of the molecule is NCC(=O)NC(=O)Oc1ccc(C(=O)NS(=O)(=O)c2ccc(OCC(F)(F)F)cc2)cn1.